The van der Waals surface area contributed by atoms with E-state index >= 15 is 0 Å². The van der Waals surface area contributed by atoms with Crippen LogP contribution in [0.25, 0.3) is 20.9 Å². The van der Waals surface area contributed by atoms with Gasteiger partial charge in [-0.25, -0.2) is 9.97 Å². The highest BCUT2D eigenvalue weighted by Crippen LogP contribution is 2.45. The summed E-state index contributed by atoms with van der Waals surface area (Å²) in [7, 11) is 0. The molecule has 9 atom stereocenters. The standard InChI is InChI=1S/C54H70F3N7O6S2.C53H68F3N7O7S2/c1-35-27-44(48(66)59-30-37-11-13-38(14-12-37)47-36(2)60-34-72-47)62(31-35)32-45(51(3,4)5)61-46(65)33-69-24-10-23-68-25-21-52(6,7)22-26-70-42-19-17-40(18-20-42)64-50(71)63(49(67)53(64,8)9)41-16-15-39(29-58)43(28-41)54(55,56)57;1-34-27-44(48(66)58-29-36-9-11-38(12-10-36)47-35(2)59-33-72-47)61(30-34)31-45(51(3,4)5)60-46(65)32-69-24-8-23-68-25-20-41(64)21-26-70-42-17-15-39(16-18-42)63-50(71)62(49(67)52(63,6)7)40-14-13-37(19-22-57)43(28-40)53(54,55)56/h11-20,28,34-35,44-45,48,59,66H,10,21-27,30-33H2,1-9H3,(H,61,65);9-18,28,33-34,41,44-45,48,58,64,66H,8,20-21,23-27,29-32,57H2,1-7H3,(H,60,65)/t35-,44+,45-,48?;34-,41?,44+,45-,48?/m11/s1. The average Bonchev–Trinajstić information content (AvgIpc) is 1.58. The maximum absolute atomic E-state index is 13.9. The lowest BCUT2D eigenvalue weighted by Crippen LogP contribution is -2.55. The smallest absolute Gasteiger partial charge is 0.417 e. The van der Waals surface area contributed by atoms with Gasteiger partial charge in [0, 0.05) is 132 Å². The van der Waals surface area contributed by atoms with E-state index in [0.717, 1.165) is 111 Å². The topological polar surface area (TPSA) is 328 Å². The third kappa shape index (κ3) is 30.8. The molecule has 2 aromatic heterocycles. The number of aryl methyl sites for hydroxylation is 2. The number of likely N-dealkylation sites (tertiary alicyclic amines) is 2. The second kappa shape index (κ2) is 50.5. The molecular formula is C107H138F6N14O13S4. The van der Waals surface area contributed by atoms with Crippen LogP contribution < -0.4 is 56.1 Å². The summed E-state index contributed by atoms with van der Waals surface area (Å²) in [6.45, 7) is 38.9. The Morgan fingerprint density at radius 2 is 0.917 bits per heavy atom. The van der Waals surface area contributed by atoms with Crippen LogP contribution in [0.5, 0.6) is 11.5 Å². The average molecular weight is 2070 g/mol. The van der Waals surface area contributed by atoms with Gasteiger partial charge in [-0.1, -0.05) is 118 Å². The minimum atomic E-state index is -4.79. The fraction of sp³-hybridized carbons (Fsp3) is 0.523. The van der Waals surface area contributed by atoms with E-state index in [2.05, 4.69) is 165 Å². The number of nitrogens with two attached hydrogens (primary N) is 1. The fourth-order valence-electron chi connectivity index (χ4n) is 17.9. The van der Waals surface area contributed by atoms with Crippen molar-refractivity contribution in [3.8, 4) is 50.4 Å². The Bertz CT molecular complexity index is 5740. The first kappa shape index (κ1) is 114. The third-order valence-electron chi connectivity index (χ3n) is 26.5. The number of thiazole rings is 2. The zero-order valence-electron chi connectivity index (χ0n) is 85.0. The number of halogens is 6. The van der Waals surface area contributed by atoms with Gasteiger partial charge in [0.1, 0.15) is 48.2 Å². The zero-order chi connectivity index (χ0) is 105. The van der Waals surface area contributed by atoms with Crippen LogP contribution in [0, 0.1) is 65.2 Å². The summed E-state index contributed by atoms with van der Waals surface area (Å²) >= 11 is 14.6. The van der Waals surface area contributed by atoms with E-state index in [9.17, 15) is 66.1 Å². The molecule has 0 radical (unpaired) electrons. The molecule has 4 aliphatic heterocycles. The van der Waals surface area contributed by atoms with E-state index in [1.807, 2.05) is 30.9 Å². The number of alkyl halides is 6. The van der Waals surface area contributed by atoms with Gasteiger partial charge in [0.25, 0.3) is 11.8 Å². The summed E-state index contributed by atoms with van der Waals surface area (Å²) in [5.74, 6) is 2.80. The van der Waals surface area contributed by atoms with Crippen LogP contribution in [0.15, 0.2) is 144 Å². The zero-order valence-corrected chi connectivity index (χ0v) is 88.2. The number of rotatable bonds is 46. The van der Waals surface area contributed by atoms with Crippen molar-refractivity contribution in [1.82, 2.24) is 41.0 Å². The van der Waals surface area contributed by atoms with E-state index < -0.39 is 70.5 Å². The largest absolute Gasteiger partial charge is 0.494 e. The molecule has 6 heterocycles. The Kier molecular flexibility index (Phi) is 40.0. The maximum Gasteiger partial charge on any atom is 0.417 e. The number of anilines is 4. The Morgan fingerprint density at radius 3 is 1.31 bits per heavy atom. The number of benzene rings is 6. The minimum Gasteiger partial charge on any atom is -0.494 e. The molecule has 4 aliphatic rings. The van der Waals surface area contributed by atoms with Crippen LogP contribution in [0.2, 0.25) is 0 Å². The first-order valence-corrected chi connectivity index (χ1v) is 51.3. The SMILES string of the molecule is Cc1ncsc1-c1ccc(CNC(O)[C@@H]2C[C@@H](C)CN2C[C@@H](NC(=O)COCCCOCCC(C)(C)CCOc2ccc(N3C(=S)N(c4ccc(C#N)c(C(F)(F)F)c4)C(=O)C3(C)C)cc2)C(C)(C)C)cc1.Cc1ncsc1-c1ccc(CNC(O)[C@@H]2C[C@@H](C)CN2C[C@@H](NC(=O)COCCCOCCC(O)CCOc2ccc(N3C(=S)N(c4ccc(C#CN)c(C(F)(F)F)c4)C(=O)C3(C)C)cc2)C(C)(C)C)cc1. The number of aliphatic hydroxyl groups is 3. The minimum absolute atomic E-state index is 0.0107. The molecule has 9 N–H and O–H groups in total. The second-order valence-electron chi connectivity index (χ2n) is 41.4. The maximum atomic E-state index is 13.9. The summed E-state index contributed by atoms with van der Waals surface area (Å²) in [4.78, 5) is 74.4. The van der Waals surface area contributed by atoms with E-state index in [1.165, 1.54) is 17.0 Å². The summed E-state index contributed by atoms with van der Waals surface area (Å²) in [6.07, 6.45) is -6.46. The first-order chi connectivity index (χ1) is 68.0. The van der Waals surface area contributed by atoms with E-state index in [1.54, 1.807) is 115 Å². The highest BCUT2D eigenvalue weighted by atomic mass is 32.1. The molecule has 0 bridgehead atoms. The van der Waals surface area contributed by atoms with Crippen LogP contribution in [-0.2, 0) is 63.6 Å². The normalized spacial score (nSPS) is 18.4. The number of aromatic nitrogens is 2. The van der Waals surface area contributed by atoms with E-state index in [0.29, 0.717) is 133 Å². The summed E-state index contributed by atoms with van der Waals surface area (Å²) in [5.41, 5.74) is 10.4. The Morgan fingerprint density at radius 1 is 0.535 bits per heavy atom. The van der Waals surface area contributed by atoms with Crippen molar-refractivity contribution in [1.29, 1.82) is 5.26 Å². The number of ether oxygens (including phenoxy) is 6. The van der Waals surface area contributed by atoms with Crippen LogP contribution in [0.3, 0.4) is 0 Å². The van der Waals surface area contributed by atoms with Crippen LogP contribution in [-0.4, -0.2) is 215 Å². The predicted molar refractivity (Wildman–Crippen MR) is 558 cm³/mol. The second-order valence-corrected chi connectivity index (χ2v) is 43.8. The fourth-order valence-corrected chi connectivity index (χ4v) is 20.6. The van der Waals surface area contributed by atoms with Crippen LogP contribution in [0.1, 0.15) is 193 Å². The Balaban J connectivity index is 0.000000274. The third-order valence-corrected chi connectivity index (χ3v) is 29.2. The molecule has 0 aliphatic carbocycles. The van der Waals surface area contributed by atoms with Crippen molar-refractivity contribution >= 4 is 104 Å². The summed E-state index contributed by atoms with van der Waals surface area (Å²) < 4.78 is 118. The molecule has 4 fully saturated rings. The molecule has 4 amide bonds. The quantitative estimate of drug-likeness (QED) is 0.00439. The number of nitrogens with one attached hydrogen (secondary N) is 4. The Hall–Kier alpha value is -10.2. The van der Waals surface area contributed by atoms with Gasteiger partial charge >= 0.3 is 12.4 Å². The van der Waals surface area contributed by atoms with Gasteiger partial charge in [0.2, 0.25) is 11.8 Å². The number of thiocarbonyl (C=S) groups is 2. The number of nitrogens with zero attached hydrogens (tertiary/aromatic N) is 9. The number of carbonyl (C=O) groups excluding carboxylic acids is 4. The van der Waals surface area contributed by atoms with Gasteiger partial charge in [-0.05, 0) is 252 Å². The van der Waals surface area contributed by atoms with Crippen LogP contribution in [0.4, 0.5) is 49.1 Å². The molecule has 8 aromatic rings. The van der Waals surface area contributed by atoms with Gasteiger partial charge < -0.3 is 69.9 Å². The van der Waals surface area contributed by atoms with Crippen molar-refractivity contribution < 1.29 is 89.3 Å². The molecular weight excluding hydrogens is 1930 g/mol. The lowest BCUT2D eigenvalue weighted by molar-refractivity contribution is -0.138. The van der Waals surface area contributed by atoms with Gasteiger partial charge in [-0.2, -0.15) is 31.6 Å². The number of aliphatic hydroxyl groups excluding tert-OH is 3. The highest BCUT2D eigenvalue weighted by Gasteiger charge is 2.53. The van der Waals surface area contributed by atoms with Gasteiger partial charge in [-0.15, -0.1) is 22.7 Å². The number of amides is 4. The first-order valence-electron chi connectivity index (χ1n) is 48.7. The molecule has 27 nitrogen and oxygen atoms in total. The molecule has 0 spiro atoms. The van der Waals surface area contributed by atoms with Gasteiger partial charge in [-0.3, -0.25) is 49.4 Å². The number of nitriles is 1. The molecule has 12 rings (SSSR count). The number of hydrogen-bond donors (Lipinski definition) is 8. The molecule has 6 aromatic carbocycles. The van der Waals surface area contributed by atoms with Crippen molar-refractivity contribution in [3.05, 3.63) is 189 Å². The van der Waals surface area contributed by atoms with Crippen molar-refractivity contribution in [2.75, 3.05) is 112 Å². The predicted octanol–water partition coefficient (Wildman–Crippen LogP) is 17.5. The molecule has 144 heavy (non-hydrogen) atoms. The van der Waals surface area contributed by atoms with Crippen molar-refractivity contribution in [2.45, 2.75) is 241 Å². The van der Waals surface area contributed by atoms with Crippen molar-refractivity contribution in [2.24, 2.45) is 33.8 Å². The van der Waals surface area contributed by atoms with E-state index in [-0.39, 0.29) is 99.2 Å². The summed E-state index contributed by atoms with van der Waals surface area (Å²) in [5, 5.41) is 55.6. The van der Waals surface area contributed by atoms with Crippen LogP contribution >= 0.6 is 47.1 Å². The molecule has 780 valence electrons. The Labute approximate surface area is 860 Å². The number of hydrogen-bond acceptors (Lipinski definition) is 25. The van der Waals surface area contributed by atoms with E-state index in [4.69, 9.17) is 58.6 Å². The molecule has 4 saturated heterocycles. The van der Waals surface area contributed by atoms with Gasteiger partial charge in [0.05, 0.1) is 85.6 Å². The lowest BCUT2D eigenvalue weighted by Gasteiger charge is -2.38. The molecule has 37 heteroatoms. The van der Waals surface area contributed by atoms with Crippen molar-refractivity contribution in [3.63, 3.8) is 0 Å². The highest BCUT2D eigenvalue weighted by molar-refractivity contribution is 7.81. The monoisotopic (exact) mass is 2070 g/mol. The molecule has 0 saturated carbocycles. The lowest BCUT2D eigenvalue weighted by atomic mass is 9.86. The number of carbonyl (C=O) groups is 4. The molecule has 3 unspecified atom stereocenters. The van der Waals surface area contributed by atoms with Gasteiger partial charge in [0.15, 0.2) is 10.2 Å². The summed E-state index contributed by atoms with van der Waals surface area (Å²) in [6, 6.07) is 40.1.